The van der Waals surface area contributed by atoms with Crippen molar-refractivity contribution >= 4 is 46.7 Å². The summed E-state index contributed by atoms with van der Waals surface area (Å²) in [6.07, 6.45) is 0.153. The van der Waals surface area contributed by atoms with Crippen molar-refractivity contribution in [3.63, 3.8) is 0 Å². The highest BCUT2D eigenvalue weighted by Gasteiger charge is 2.33. The maximum absolute atomic E-state index is 13.0. The van der Waals surface area contributed by atoms with Gasteiger partial charge in [-0.1, -0.05) is 71.4 Å². The minimum atomic E-state index is -0.429. The third-order valence-corrected chi connectivity index (χ3v) is 6.69. The van der Waals surface area contributed by atoms with Crippen LogP contribution in [0.4, 0.5) is 5.82 Å². The zero-order valence-corrected chi connectivity index (χ0v) is 17.8. The normalized spacial score (nSPS) is 15.7. The van der Waals surface area contributed by atoms with Gasteiger partial charge in [-0.05, 0) is 23.3 Å². The van der Waals surface area contributed by atoms with Gasteiger partial charge in [-0.15, -0.1) is 0 Å². The first kappa shape index (κ1) is 20.0. The quantitative estimate of drug-likeness (QED) is 0.460. The number of anilines is 1. The molecule has 4 rings (SSSR count). The van der Waals surface area contributed by atoms with Gasteiger partial charge in [-0.25, -0.2) is 0 Å². The van der Waals surface area contributed by atoms with E-state index in [1.165, 1.54) is 11.8 Å². The number of halogens is 2. The van der Waals surface area contributed by atoms with Crippen molar-refractivity contribution in [1.29, 1.82) is 0 Å². The minimum absolute atomic E-state index is 0.153. The van der Waals surface area contributed by atoms with E-state index in [1.807, 2.05) is 42.5 Å². The van der Waals surface area contributed by atoms with Gasteiger partial charge in [-0.3, -0.25) is 9.59 Å². The largest absolute Gasteiger partial charge is 0.312 e. The van der Waals surface area contributed by atoms with Crippen LogP contribution in [-0.4, -0.2) is 15.5 Å². The van der Waals surface area contributed by atoms with Crippen molar-refractivity contribution in [3.8, 4) is 0 Å². The number of carbonyl (C=O) groups is 1. The summed E-state index contributed by atoms with van der Waals surface area (Å²) < 4.78 is 1.75. The number of amides is 1. The van der Waals surface area contributed by atoms with Crippen LogP contribution in [0.25, 0.3) is 0 Å². The predicted octanol–water partition coefficient (Wildman–Crippen LogP) is 4.85. The van der Waals surface area contributed by atoms with Crippen molar-refractivity contribution in [2.45, 2.75) is 23.2 Å². The van der Waals surface area contributed by atoms with Crippen molar-refractivity contribution < 1.29 is 4.79 Å². The summed E-state index contributed by atoms with van der Waals surface area (Å²) in [5.41, 5.74) is 1.80. The fraction of sp³-hybridized carbons (Fsp3) is 0.190. The van der Waals surface area contributed by atoms with Gasteiger partial charge >= 0.3 is 0 Å². The minimum Gasteiger partial charge on any atom is -0.312 e. The molecule has 0 radical (unpaired) electrons. The third-order valence-electron chi connectivity index (χ3n) is 4.90. The standard InChI is InChI=1S/C21H17Cl2N3O2S/c1-26-19-18(14(10-17(27)24-19)13-7-3-5-9-16(13)23)20(28)25-21(26)29-11-12-6-2-4-8-15(12)22/h2-9,14H,10-11H2,1H3,(H,24,27). The van der Waals surface area contributed by atoms with Crippen molar-refractivity contribution in [3.05, 3.63) is 85.6 Å². The number of carbonyl (C=O) groups excluding carboxylic acids is 1. The molecule has 0 fully saturated rings. The van der Waals surface area contributed by atoms with Crippen LogP contribution < -0.4 is 10.9 Å². The molecule has 29 heavy (non-hydrogen) atoms. The molecule has 1 unspecified atom stereocenters. The second kappa shape index (κ2) is 8.22. The number of rotatable bonds is 4. The number of fused-ring (bicyclic) bond motifs is 1. The Morgan fingerprint density at radius 2 is 1.79 bits per heavy atom. The lowest BCUT2D eigenvalue weighted by Gasteiger charge is -2.28. The molecular formula is C21H17Cl2N3O2S. The molecule has 1 atom stereocenters. The van der Waals surface area contributed by atoms with E-state index in [2.05, 4.69) is 10.3 Å². The Kier molecular flexibility index (Phi) is 5.67. The number of thioether (sulfide) groups is 1. The fourth-order valence-corrected chi connectivity index (χ4v) is 4.96. The van der Waals surface area contributed by atoms with E-state index in [-0.39, 0.29) is 17.9 Å². The van der Waals surface area contributed by atoms with Gasteiger partial charge in [0.15, 0.2) is 5.16 Å². The van der Waals surface area contributed by atoms with E-state index < -0.39 is 5.92 Å². The Bertz CT molecular complexity index is 1160. The van der Waals surface area contributed by atoms with E-state index in [9.17, 15) is 9.59 Å². The van der Waals surface area contributed by atoms with Gasteiger partial charge in [0, 0.05) is 35.2 Å². The molecule has 2 aromatic carbocycles. The van der Waals surface area contributed by atoms with Gasteiger partial charge in [0.1, 0.15) is 5.82 Å². The topological polar surface area (TPSA) is 64.0 Å². The van der Waals surface area contributed by atoms with E-state index in [4.69, 9.17) is 23.2 Å². The first-order chi connectivity index (χ1) is 14.0. The van der Waals surface area contributed by atoms with E-state index >= 15 is 0 Å². The second-order valence-electron chi connectivity index (χ2n) is 6.73. The molecule has 0 aliphatic carbocycles. The number of hydrogen-bond acceptors (Lipinski definition) is 4. The van der Waals surface area contributed by atoms with Crippen LogP contribution in [0, 0.1) is 0 Å². The number of nitrogens with one attached hydrogen (secondary N) is 1. The maximum Gasteiger partial charge on any atom is 0.279 e. The van der Waals surface area contributed by atoms with E-state index in [0.29, 0.717) is 32.3 Å². The Morgan fingerprint density at radius 3 is 2.52 bits per heavy atom. The summed E-state index contributed by atoms with van der Waals surface area (Å²) >= 11 is 14.0. The molecule has 1 aliphatic rings. The van der Waals surface area contributed by atoms with Crippen LogP contribution in [0.2, 0.25) is 10.0 Å². The molecule has 148 valence electrons. The lowest BCUT2D eigenvalue weighted by atomic mass is 9.87. The Balaban J connectivity index is 1.75. The first-order valence-electron chi connectivity index (χ1n) is 8.97. The molecule has 0 saturated carbocycles. The molecule has 1 aromatic heterocycles. The number of benzene rings is 2. The summed E-state index contributed by atoms with van der Waals surface area (Å²) in [6.45, 7) is 0. The highest BCUT2D eigenvalue weighted by molar-refractivity contribution is 7.98. The second-order valence-corrected chi connectivity index (χ2v) is 8.48. The fourth-order valence-electron chi connectivity index (χ4n) is 3.45. The molecule has 0 spiro atoms. The molecular weight excluding hydrogens is 429 g/mol. The van der Waals surface area contributed by atoms with Crippen molar-refractivity contribution in [2.24, 2.45) is 7.05 Å². The number of hydrogen-bond donors (Lipinski definition) is 1. The predicted molar refractivity (Wildman–Crippen MR) is 117 cm³/mol. The lowest BCUT2D eigenvalue weighted by Crippen LogP contribution is -2.33. The monoisotopic (exact) mass is 445 g/mol. The molecule has 1 amide bonds. The van der Waals surface area contributed by atoms with E-state index in [0.717, 1.165) is 11.1 Å². The van der Waals surface area contributed by atoms with Gasteiger partial charge in [0.2, 0.25) is 5.91 Å². The molecule has 2 heterocycles. The molecule has 1 aliphatic heterocycles. The van der Waals surface area contributed by atoms with Gasteiger partial charge in [0.05, 0.1) is 5.56 Å². The van der Waals surface area contributed by atoms with Crippen LogP contribution in [0.3, 0.4) is 0 Å². The summed E-state index contributed by atoms with van der Waals surface area (Å²) in [5, 5.41) is 4.54. The zero-order valence-electron chi connectivity index (χ0n) is 15.5. The molecule has 8 heteroatoms. The molecule has 0 bridgehead atoms. The molecule has 1 N–H and O–H groups in total. The molecule has 3 aromatic rings. The number of aromatic nitrogens is 2. The smallest absolute Gasteiger partial charge is 0.279 e. The average molecular weight is 446 g/mol. The van der Waals surface area contributed by atoms with Gasteiger partial charge in [0.25, 0.3) is 5.56 Å². The lowest BCUT2D eigenvalue weighted by molar-refractivity contribution is -0.116. The SMILES string of the molecule is Cn1c(SCc2ccccc2Cl)nc(=O)c2c1NC(=O)CC2c1ccccc1Cl. The van der Waals surface area contributed by atoms with Crippen LogP contribution in [-0.2, 0) is 17.6 Å². The highest BCUT2D eigenvalue weighted by atomic mass is 35.5. The maximum atomic E-state index is 13.0. The van der Waals surface area contributed by atoms with Crippen LogP contribution in [0.15, 0.2) is 58.5 Å². The third kappa shape index (κ3) is 3.92. The van der Waals surface area contributed by atoms with Crippen LogP contribution >= 0.6 is 35.0 Å². The summed E-state index contributed by atoms with van der Waals surface area (Å²) in [6, 6.07) is 14.8. The first-order valence-corrected chi connectivity index (χ1v) is 10.7. The summed E-state index contributed by atoms with van der Waals surface area (Å²) in [4.78, 5) is 29.7. The van der Waals surface area contributed by atoms with Crippen LogP contribution in [0.5, 0.6) is 0 Å². The van der Waals surface area contributed by atoms with Gasteiger partial charge in [-0.2, -0.15) is 4.98 Å². The summed E-state index contributed by atoms with van der Waals surface area (Å²) in [7, 11) is 1.79. The Morgan fingerprint density at radius 1 is 1.10 bits per heavy atom. The van der Waals surface area contributed by atoms with Crippen LogP contribution in [0.1, 0.15) is 29.0 Å². The van der Waals surface area contributed by atoms with Gasteiger partial charge < -0.3 is 9.88 Å². The van der Waals surface area contributed by atoms with Crippen molar-refractivity contribution in [1.82, 2.24) is 9.55 Å². The Hall–Kier alpha value is -2.28. The Labute approximate surface area is 182 Å². The average Bonchev–Trinajstić information content (AvgIpc) is 2.70. The van der Waals surface area contributed by atoms with Crippen molar-refractivity contribution in [2.75, 3.05) is 5.32 Å². The molecule has 5 nitrogen and oxygen atoms in total. The highest BCUT2D eigenvalue weighted by Crippen LogP contribution is 2.38. The zero-order chi connectivity index (χ0) is 20.5. The number of nitrogens with zero attached hydrogens (tertiary/aromatic N) is 2. The van der Waals surface area contributed by atoms with E-state index in [1.54, 1.807) is 17.7 Å². The molecule has 0 saturated heterocycles. The summed E-state index contributed by atoms with van der Waals surface area (Å²) in [5.74, 6) is 0.431.